The van der Waals surface area contributed by atoms with E-state index in [2.05, 4.69) is 29.2 Å². The van der Waals surface area contributed by atoms with Crippen LogP contribution in [0.1, 0.15) is 18.4 Å². The minimum Gasteiger partial charge on any atom is -0.315 e. The summed E-state index contributed by atoms with van der Waals surface area (Å²) in [5.74, 6) is 0.608. The molecule has 1 N–H and O–H groups in total. The molecular formula is C17H28FN3. The van der Waals surface area contributed by atoms with E-state index < -0.39 is 0 Å². The van der Waals surface area contributed by atoms with E-state index in [0.717, 1.165) is 44.8 Å². The van der Waals surface area contributed by atoms with Crippen molar-refractivity contribution < 1.29 is 4.39 Å². The molecule has 0 spiro atoms. The molecule has 118 valence electrons. The number of nitrogens with one attached hydrogen (secondary N) is 1. The maximum absolute atomic E-state index is 13.7. The molecule has 1 aliphatic heterocycles. The summed E-state index contributed by atoms with van der Waals surface area (Å²) in [6.45, 7) is 6.08. The molecule has 1 aromatic carbocycles. The van der Waals surface area contributed by atoms with Gasteiger partial charge in [0.2, 0.25) is 0 Å². The average molecular weight is 293 g/mol. The van der Waals surface area contributed by atoms with Crippen molar-refractivity contribution in [3.8, 4) is 0 Å². The molecule has 4 heteroatoms. The van der Waals surface area contributed by atoms with Gasteiger partial charge < -0.3 is 10.2 Å². The number of hydrogen-bond donors (Lipinski definition) is 1. The van der Waals surface area contributed by atoms with Crippen LogP contribution in [-0.2, 0) is 6.54 Å². The van der Waals surface area contributed by atoms with Crippen LogP contribution in [0, 0.1) is 11.7 Å². The summed E-state index contributed by atoms with van der Waals surface area (Å²) >= 11 is 0. The summed E-state index contributed by atoms with van der Waals surface area (Å²) in [4.78, 5) is 4.58. The fourth-order valence-electron chi connectivity index (χ4n) is 2.94. The lowest BCUT2D eigenvalue weighted by molar-refractivity contribution is 0.163. The number of rotatable bonds is 7. The van der Waals surface area contributed by atoms with E-state index in [1.807, 2.05) is 12.1 Å². The molecule has 1 aliphatic rings. The predicted molar refractivity (Wildman–Crippen MR) is 85.8 cm³/mol. The van der Waals surface area contributed by atoms with Crippen LogP contribution in [-0.4, -0.2) is 56.6 Å². The Morgan fingerprint density at radius 3 is 2.90 bits per heavy atom. The first kappa shape index (κ1) is 16.4. The Morgan fingerprint density at radius 2 is 2.14 bits per heavy atom. The van der Waals surface area contributed by atoms with Gasteiger partial charge in [-0.05, 0) is 52.0 Å². The van der Waals surface area contributed by atoms with Crippen molar-refractivity contribution in [2.75, 3.05) is 46.8 Å². The van der Waals surface area contributed by atoms with E-state index in [-0.39, 0.29) is 5.82 Å². The molecule has 2 rings (SSSR count). The molecule has 0 radical (unpaired) electrons. The standard InChI is InChI=1S/C17H28FN3/c1-20(2)11-9-19-12-15-6-5-10-21(13-15)14-16-7-3-4-8-17(16)18/h3-4,7-8,15,19H,5-6,9-14H2,1-2H3. The topological polar surface area (TPSA) is 18.5 Å². The van der Waals surface area contributed by atoms with Gasteiger partial charge in [0.25, 0.3) is 0 Å². The van der Waals surface area contributed by atoms with E-state index >= 15 is 0 Å². The van der Waals surface area contributed by atoms with E-state index in [0.29, 0.717) is 5.92 Å². The zero-order valence-corrected chi connectivity index (χ0v) is 13.3. The molecule has 1 saturated heterocycles. The Morgan fingerprint density at radius 1 is 1.33 bits per heavy atom. The van der Waals surface area contributed by atoms with E-state index in [9.17, 15) is 4.39 Å². The lowest BCUT2D eigenvalue weighted by Crippen LogP contribution is -2.40. The van der Waals surface area contributed by atoms with Gasteiger partial charge in [-0.25, -0.2) is 4.39 Å². The van der Waals surface area contributed by atoms with Crippen molar-refractivity contribution >= 4 is 0 Å². The molecule has 3 nitrogen and oxygen atoms in total. The molecule has 1 unspecified atom stereocenters. The Balaban J connectivity index is 1.74. The van der Waals surface area contributed by atoms with E-state index in [4.69, 9.17) is 0 Å². The highest BCUT2D eigenvalue weighted by Gasteiger charge is 2.20. The van der Waals surface area contributed by atoms with Gasteiger partial charge in [0.1, 0.15) is 5.82 Å². The molecule has 0 aromatic heterocycles. The predicted octanol–water partition coefficient (Wildman–Crippen LogP) is 2.19. The van der Waals surface area contributed by atoms with Gasteiger partial charge in [0, 0.05) is 31.7 Å². The summed E-state index contributed by atoms with van der Waals surface area (Å²) in [7, 11) is 4.19. The van der Waals surface area contributed by atoms with E-state index in [1.54, 1.807) is 12.1 Å². The van der Waals surface area contributed by atoms with Crippen molar-refractivity contribution in [3.63, 3.8) is 0 Å². The minimum atomic E-state index is -0.0799. The third kappa shape index (κ3) is 5.73. The zero-order chi connectivity index (χ0) is 15.1. The minimum absolute atomic E-state index is 0.0799. The normalized spacial score (nSPS) is 20.1. The maximum atomic E-state index is 13.7. The van der Waals surface area contributed by atoms with Crippen LogP contribution in [0.25, 0.3) is 0 Å². The summed E-state index contributed by atoms with van der Waals surface area (Å²) < 4.78 is 13.7. The first-order valence-electron chi connectivity index (χ1n) is 7.96. The second-order valence-electron chi connectivity index (χ2n) is 6.34. The third-order valence-corrected chi connectivity index (χ3v) is 4.12. The molecule has 21 heavy (non-hydrogen) atoms. The van der Waals surface area contributed by atoms with Gasteiger partial charge in [0.15, 0.2) is 0 Å². The quantitative estimate of drug-likeness (QED) is 0.778. The second kappa shape index (κ2) is 8.47. The number of benzene rings is 1. The molecule has 0 amide bonds. The van der Waals surface area contributed by atoms with Crippen LogP contribution in [0.3, 0.4) is 0 Å². The van der Waals surface area contributed by atoms with Gasteiger partial charge in [0.05, 0.1) is 0 Å². The number of hydrogen-bond acceptors (Lipinski definition) is 3. The van der Waals surface area contributed by atoms with Gasteiger partial charge >= 0.3 is 0 Å². The molecular weight excluding hydrogens is 265 g/mol. The summed E-state index contributed by atoms with van der Waals surface area (Å²) in [6, 6.07) is 7.13. The molecule has 0 bridgehead atoms. The summed E-state index contributed by atoms with van der Waals surface area (Å²) in [5, 5.41) is 3.54. The molecule has 1 heterocycles. The van der Waals surface area contributed by atoms with Crippen LogP contribution in [0.2, 0.25) is 0 Å². The van der Waals surface area contributed by atoms with E-state index in [1.165, 1.54) is 12.8 Å². The van der Waals surface area contributed by atoms with Crippen molar-refractivity contribution in [1.29, 1.82) is 0 Å². The summed E-state index contributed by atoms with van der Waals surface area (Å²) in [5.41, 5.74) is 0.818. The van der Waals surface area contributed by atoms with Crippen LogP contribution < -0.4 is 5.32 Å². The lowest BCUT2D eigenvalue weighted by Gasteiger charge is -2.33. The fourth-order valence-corrected chi connectivity index (χ4v) is 2.94. The van der Waals surface area contributed by atoms with Gasteiger partial charge in [-0.3, -0.25) is 4.90 Å². The van der Waals surface area contributed by atoms with Crippen molar-refractivity contribution in [1.82, 2.24) is 15.1 Å². The van der Waals surface area contributed by atoms with Crippen LogP contribution in [0.15, 0.2) is 24.3 Å². The first-order valence-corrected chi connectivity index (χ1v) is 7.96. The number of likely N-dealkylation sites (tertiary alicyclic amines) is 1. The monoisotopic (exact) mass is 293 g/mol. The van der Waals surface area contributed by atoms with Crippen LogP contribution >= 0.6 is 0 Å². The smallest absolute Gasteiger partial charge is 0.127 e. The first-order chi connectivity index (χ1) is 10.1. The molecule has 1 aromatic rings. The number of likely N-dealkylation sites (N-methyl/N-ethyl adjacent to an activating group) is 1. The highest BCUT2D eigenvalue weighted by molar-refractivity contribution is 5.17. The average Bonchev–Trinajstić information content (AvgIpc) is 2.46. The number of halogens is 1. The van der Waals surface area contributed by atoms with Gasteiger partial charge in [-0.15, -0.1) is 0 Å². The number of piperidine rings is 1. The van der Waals surface area contributed by atoms with Gasteiger partial charge in [-0.2, -0.15) is 0 Å². The SMILES string of the molecule is CN(C)CCNCC1CCCN(Cc2ccccc2F)C1. The van der Waals surface area contributed by atoms with Crippen LogP contribution in [0.5, 0.6) is 0 Å². The zero-order valence-electron chi connectivity index (χ0n) is 13.3. The highest BCUT2D eigenvalue weighted by Crippen LogP contribution is 2.19. The van der Waals surface area contributed by atoms with Crippen LogP contribution in [0.4, 0.5) is 4.39 Å². The highest BCUT2D eigenvalue weighted by atomic mass is 19.1. The third-order valence-electron chi connectivity index (χ3n) is 4.12. The summed E-state index contributed by atoms with van der Waals surface area (Å²) in [6.07, 6.45) is 2.50. The van der Waals surface area contributed by atoms with Crippen molar-refractivity contribution in [2.45, 2.75) is 19.4 Å². The van der Waals surface area contributed by atoms with Crippen molar-refractivity contribution in [3.05, 3.63) is 35.6 Å². The molecule has 1 atom stereocenters. The molecule has 1 fully saturated rings. The number of nitrogens with zero attached hydrogens (tertiary/aromatic N) is 2. The largest absolute Gasteiger partial charge is 0.315 e. The fraction of sp³-hybridized carbons (Fsp3) is 0.647. The molecule has 0 aliphatic carbocycles. The lowest BCUT2D eigenvalue weighted by atomic mass is 9.97. The molecule has 0 saturated carbocycles. The second-order valence-corrected chi connectivity index (χ2v) is 6.34. The Kier molecular flexibility index (Phi) is 6.61. The van der Waals surface area contributed by atoms with Crippen molar-refractivity contribution in [2.24, 2.45) is 5.92 Å². The maximum Gasteiger partial charge on any atom is 0.127 e. The Labute approximate surface area is 128 Å². The Bertz CT molecular complexity index is 422. The Hall–Kier alpha value is -0.970. The van der Waals surface area contributed by atoms with Gasteiger partial charge in [-0.1, -0.05) is 18.2 Å².